The molecular weight excluding hydrogens is 345 g/mol. The van der Waals surface area contributed by atoms with Crippen LogP contribution in [-0.2, 0) is 11.3 Å². The zero-order chi connectivity index (χ0) is 19.1. The number of nitriles is 1. The lowest BCUT2D eigenvalue weighted by Gasteiger charge is -2.36. The number of anilines is 1. The summed E-state index contributed by atoms with van der Waals surface area (Å²) in [6, 6.07) is 13.9. The number of carbonyl (C=O) groups excluding carboxylic acids is 1. The molecule has 7 heteroatoms. The second-order valence-electron chi connectivity index (χ2n) is 6.13. The van der Waals surface area contributed by atoms with E-state index in [2.05, 4.69) is 15.2 Å². The molecule has 1 N–H and O–H groups in total. The molecule has 1 saturated heterocycles. The molecule has 1 aromatic heterocycles. The Morgan fingerprint density at radius 2 is 1.93 bits per heavy atom. The van der Waals surface area contributed by atoms with Gasteiger partial charge in [0.2, 0.25) is 0 Å². The number of aromatic nitrogens is 1. The lowest BCUT2D eigenvalue weighted by Crippen LogP contribution is -2.49. The summed E-state index contributed by atoms with van der Waals surface area (Å²) in [7, 11) is 0. The second kappa shape index (κ2) is 8.81. The number of halogens is 1. The maximum absolute atomic E-state index is 13.0. The summed E-state index contributed by atoms with van der Waals surface area (Å²) < 4.78 is 13.0. The second-order valence-corrected chi connectivity index (χ2v) is 6.13. The van der Waals surface area contributed by atoms with Gasteiger partial charge in [0.15, 0.2) is 0 Å². The fourth-order valence-electron chi connectivity index (χ4n) is 2.89. The van der Waals surface area contributed by atoms with Crippen LogP contribution in [0.2, 0.25) is 0 Å². The zero-order valence-electron chi connectivity index (χ0n) is 14.8. The molecule has 1 fully saturated rings. The van der Waals surface area contributed by atoms with Gasteiger partial charge >= 0.3 is 0 Å². The number of benzene rings is 1. The summed E-state index contributed by atoms with van der Waals surface area (Å²) in [5.41, 5.74) is 1.82. The highest BCUT2D eigenvalue weighted by molar-refractivity contribution is 5.97. The Balaban J connectivity index is 1.54. The highest BCUT2D eigenvalue weighted by atomic mass is 19.1. The molecule has 0 aliphatic carbocycles. The molecule has 6 nitrogen and oxygen atoms in total. The fraction of sp³-hybridized carbons (Fsp3) is 0.250. The minimum Gasteiger partial charge on any atom is -0.384 e. The molecule has 0 radical (unpaired) electrons. The number of hydrogen-bond donors (Lipinski definition) is 1. The molecule has 1 aliphatic heterocycles. The number of pyridine rings is 1. The Kier molecular flexibility index (Phi) is 6.00. The van der Waals surface area contributed by atoms with Crippen molar-refractivity contribution in [1.82, 2.24) is 15.2 Å². The molecule has 0 unspecified atom stereocenters. The van der Waals surface area contributed by atoms with Crippen LogP contribution in [0.15, 0.2) is 60.4 Å². The van der Waals surface area contributed by atoms with Crippen LogP contribution in [0.4, 0.5) is 10.1 Å². The summed E-state index contributed by atoms with van der Waals surface area (Å²) in [5, 5.41) is 12.3. The van der Waals surface area contributed by atoms with Crippen LogP contribution in [0.1, 0.15) is 5.69 Å². The average Bonchev–Trinajstić information content (AvgIpc) is 2.72. The Bertz CT molecular complexity index is 837. The van der Waals surface area contributed by atoms with E-state index >= 15 is 0 Å². The normalized spacial score (nSPS) is 14.6. The van der Waals surface area contributed by atoms with Crippen LogP contribution in [0.25, 0.3) is 0 Å². The maximum atomic E-state index is 13.0. The van der Waals surface area contributed by atoms with Crippen molar-refractivity contribution in [3.8, 4) is 6.07 Å². The minimum atomic E-state index is -0.287. The van der Waals surface area contributed by atoms with E-state index in [9.17, 15) is 14.4 Å². The van der Waals surface area contributed by atoms with Crippen molar-refractivity contribution < 1.29 is 9.18 Å². The van der Waals surface area contributed by atoms with E-state index in [-0.39, 0.29) is 17.3 Å². The standard InChI is InChI=1S/C20H20FN5O/c21-17-4-6-19(7-5-17)25-9-11-26(12-10-25)20(27)16(13-22)14-23-15-18-3-1-2-8-24-18/h1-8,14,23H,9-12,15H2/b16-14-. The summed E-state index contributed by atoms with van der Waals surface area (Å²) >= 11 is 0. The molecule has 1 amide bonds. The van der Waals surface area contributed by atoms with Crippen LogP contribution in [0.3, 0.4) is 0 Å². The monoisotopic (exact) mass is 365 g/mol. The van der Waals surface area contributed by atoms with Crippen LogP contribution >= 0.6 is 0 Å². The molecule has 2 heterocycles. The Hall–Kier alpha value is -3.40. The van der Waals surface area contributed by atoms with E-state index in [0.717, 1.165) is 11.4 Å². The summed E-state index contributed by atoms with van der Waals surface area (Å²) in [5.74, 6) is -0.556. The Labute approximate surface area is 157 Å². The van der Waals surface area contributed by atoms with E-state index in [4.69, 9.17) is 0 Å². The molecule has 0 saturated carbocycles. The molecule has 0 spiro atoms. The maximum Gasteiger partial charge on any atom is 0.266 e. The first-order valence-corrected chi connectivity index (χ1v) is 8.71. The predicted octanol–water partition coefficient (Wildman–Crippen LogP) is 2.07. The number of piperazine rings is 1. The van der Waals surface area contributed by atoms with E-state index in [0.29, 0.717) is 32.7 Å². The van der Waals surface area contributed by atoms with Crippen molar-refractivity contribution >= 4 is 11.6 Å². The Morgan fingerprint density at radius 1 is 1.19 bits per heavy atom. The molecule has 3 rings (SSSR count). The molecule has 1 aromatic carbocycles. The van der Waals surface area contributed by atoms with Crippen LogP contribution in [0.5, 0.6) is 0 Å². The van der Waals surface area contributed by atoms with Gasteiger partial charge in [0.25, 0.3) is 5.91 Å². The van der Waals surface area contributed by atoms with Gasteiger partial charge in [-0.05, 0) is 36.4 Å². The lowest BCUT2D eigenvalue weighted by atomic mass is 10.2. The number of amides is 1. The summed E-state index contributed by atoms with van der Waals surface area (Å²) in [6.45, 7) is 2.73. The zero-order valence-corrected chi connectivity index (χ0v) is 14.8. The predicted molar refractivity (Wildman–Crippen MR) is 100.0 cm³/mol. The van der Waals surface area contributed by atoms with Crippen molar-refractivity contribution in [2.75, 3.05) is 31.1 Å². The third-order valence-corrected chi connectivity index (χ3v) is 4.37. The van der Waals surface area contributed by atoms with Gasteiger partial charge < -0.3 is 15.1 Å². The molecule has 0 atom stereocenters. The molecule has 2 aromatic rings. The van der Waals surface area contributed by atoms with E-state index in [1.807, 2.05) is 24.3 Å². The third-order valence-electron chi connectivity index (χ3n) is 4.37. The topological polar surface area (TPSA) is 72.3 Å². The minimum absolute atomic E-state index is 0.0705. The van der Waals surface area contributed by atoms with Crippen LogP contribution in [0, 0.1) is 17.1 Å². The molecule has 1 aliphatic rings. The number of rotatable bonds is 5. The van der Waals surface area contributed by atoms with E-state index in [1.54, 1.807) is 23.2 Å². The highest BCUT2D eigenvalue weighted by Gasteiger charge is 2.23. The molecule has 138 valence electrons. The summed E-state index contributed by atoms with van der Waals surface area (Å²) in [4.78, 5) is 20.5. The van der Waals surface area contributed by atoms with Gasteiger partial charge in [-0.2, -0.15) is 5.26 Å². The van der Waals surface area contributed by atoms with E-state index < -0.39 is 0 Å². The summed E-state index contributed by atoms with van der Waals surface area (Å²) in [6.07, 6.45) is 3.14. The first kappa shape index (κ1) is 18.4. The number of hydrogen-bond acceptors (Lipinski definition) is 5. The number of nitrogens with zero attached hydrogens (tertiary/aromatic N) is 4. The molecule has 27 heavy (non-hydrogen) atoms. The Morgan fingerprint density at radius 3 is 2.56 bits per heavy atom. The van der Waals surface area contributed by atoms with Gasteiger partial charge in [-0.3, -0.25) is 9.78 Å². The van der Waals surface area contributed by atoms with Gasteiger partial charge in [-0.25, -0.2) is 4.39 Å². The van der Waals surface area contributed by atoms with Gasteiger partial charge in [-0.1, -0.05) is 6.07 Å². The van der Waals surface area contributed by atoms with Gasteiger partial charge in [0.1, 0.15) is 17.5 Å². The van der Waals surface area contributed by atoms with Crippen molar-refractivity contribution in [3.63, 3.8) is 0 Å². The van der Waals surface area contributed by atoms with Gasteiger partial charge in [-0.15, -0.1) is 0 Å². The smallest absolute Gasteiger partial charge is 0.266 e. The largest absolute Gasteiger partial charge is 0.384 e. The first-order valence-electron chi connectivity index (χ1n) is 8.71. The van der Waals surface area contributed by atoms with Crippen LogP contribution in [-0.4, -0.2) is 42.0 Å². The first-order chi connectivity index (χ1) is 13.2. The van der Waals surface area contributed by atoms with E-state index in [1.165, 1.54) is 18.3 Å². The third kappa shape index (κ3) is 4.82. The SMILES string of the molecule is N#C/C(=C/NCc1ccccn1)C(=O)N1CCN(c2ccc(F)cc2)CC1. The van der Waals surface area contributed by atoms with Gasteiger partial charge in [0, 0.05) is 44.3 Å². The molecule has 0 bridgehead atoms. The number of carbonyl (C=O) groups is 1. The fourth-order valence-corrected chi connectivity index (χ4v) is 2.89. The quantitative estimate of drug-likeness (QED) is 0.649. The van der Waals surface area contributed by atoms with Crippen LogP contribution < -0.4 is 10.2 Å². The highest BCUT2D eigenvalue weighted by Crippen LogP contribution is 2.17. The van der Waals surface area contributed by atoms with Crippen molar-refractivity contribution in [3.05, 3.63) is 71.9 Å². The van der Waals surface area contributed by atoms with Crippen molar-refractivity contribution in [2.24, 2.45) is 0 Å². The van der Waals surface area contributed by atoms with Gasteiger partial charge in [0.05, 0.1) is 12.2 Å². The lowest BCUT2D eigenvalue weighted by molar-refractivity contribution is -0.127. The van der Waals surface area contributed by atoms with Crippen molar-refractivity contribution in [2.45, 2.75) is 6.54 Å². The van der Waals surface area contributed by atoms with Crippen molar-refractivity contribution in [1.29, 1.82) is 5.26 Å². The molecular formula is C20H20FN5O. The number of nitrogens with one attached hydrogen (secondary N) is 1. The average molecular weight is 365 g/mol.